The van der Waals surface area contributed by atoms with Gasteiger partial charge in [-0.3, -0.25) is 0 Å². The van der Waals surface area contributed by atoms with Gasteiger partial charge in [-0.25, -0.2) is 4.68 Å². The summed E-state index contributed by atoms with van der Waals surface area (Å²) in [5, 5.41) is 12.3. The standard InChI is InChI=1S/C19H23N5/c1-2-23(15-18-11-7-4-8-12-18)16-19-20-21-22-24(19)14-13-17-9-5-3-6-10-17/h3-12H,2,13-16H2,1H3/p+1. The molecule has 0 spiro atoms. The van der Waals surface area contributed by atoms with Crippen molar-refractivity contribution in [2.24, 2.45) is 0 Å². The Morgan fingerprint density at radius 1 is 0.875 bits per heavy atom. The third-order valence-electron chi connectivity index (χ3n) is 4.27. The maximum atomic E-state index is 4.24. The van der Waals surface area contributed by atoms with Crippen molar-refractivity contribution in [3.05, 3.63) is 77.6 Å². The minimum atomic E-state index is 0.814. The van der Waals surface area contributed by atoms with E-state index >= 15 is 0 Å². The predicted octanol–water partition coefficient (Wildman–Crippen LogP) is 1.52. The first-order valence-electron chi connectivity index (χ1n) is 8.51. The molecule has 3 aromatic rings. The molecule has 5 heteroatoms. The van der Waals surface area contributed by atoms with Crippen LogP contribution in [0.25, 0.3) is 0 Å². The molecule has 0 saturated carbocycles. The summed E-state index contributed by atoms with van der Waals surface area (Å²) in [4.78, 5) is 1.46. The summed E-state index contributed by atoms with van der Waals surface area (Å²) in [5.74, 6) is 0.957. The average Bonchev–Trinajstić information content (AvgIpc) is 3.08. The van der Waals surface area contributed by atoms with E-state index in [0.717, 1.165) is 38.4 Å². The Morgan fingerprint density at radius 2 is 1.54 bits per heavy atom. The number of hydrogen-bond acceptors (Lipinski definition) is 3. The van der Waals surface area contributed by atoms with E-state index < -0.39 is 0 Å². The molecule has 0 radical (unpaired) electrons. The van der Waals surface area contributed by atoms with E-state index in [-0.39, 0.29) is 0 Å². The molecule has 5 nitrogen and oxygen atoms in total. The van der Waals surface area contributed by atoms with Gasteiger partial charge in [0.15, 0.2) is 0 Å². The van der Waals surface area contributed by atoms with Gasteiger partial charge in [0, 0.05) is 12.1 Å². The molecular formula is C19H24N5+. The smallest absolute Gasteiger partial charge is 0.206 e. The maximum absolute atomic E-state index is 4.24. The lowest BCUT2D eigenvalue weighted by Gasteiger charge is -2.17. The van der Waals surface area contributed by atoms with E-state index in [2.05, 4.69) is 77.0 Å². The van der Waals surface area contributed by atoms with E-state index in [1.807, 2.05) is 10.7 Å². The first-order valence-corrected chi connectivity index (χ1v) is 8.51. The predicted molar refractivity (Wildman–Crippen MR) is 93.3 cm³/mol. The molecule has 0 aliphatic carbocycles. The van der Waals surface area contributed by atoms with Crippen LogP contribution in [0.2, 0.25) is 0 Å². The lowest BCUT2D eigenvalue weighted by Crippen LogP contribution is -3.09. The second-order valence-corrected chi connectivity index (χ2v) is 6.00. The van der Waals surface area contributed by atoms with Crippen LogP contribution >= 0.6 is 0 Å². The largest absolute Gasteiger partial charge is 0.325 e. The quantitative estimate of drug-likeness (QED) is 0.684. The normalized spacial score (nSPS) is 12.2. The Kier molecular flexibility index (Phi) is 5.69. The molecule has 24 heavy (non-hydrogen) atoms. The van der Waals surface area contributed by atoms with Gasteiger partial charge in [-0.1, -0.05) is 60.7 Å². The molecule has 0 aliphatic rings. The van der Waals surface area contributed by atoms with Gasteiger partial charge in [-0.2, -0.15) is 0 Å². The number of nitrogens with one attached hydrogen (secondary N) is 1. The highest BCUT2D eigenvalue weighted by atomic mass is 15.5. The number of aryl methyl sites for hydroxylation is 2. The zero-order valence-corrected chi connectivity index (χ0v) is 14.1. The Balaban J connectivity index is 1.61. The van der Waals surface area contributed by atoms with Gasteiger partial charge in [0.05, 0.1) is 6.54 Å². The zero-order chi connectivity index (χ0) is 16.6. The lowest BCUT2D eigenvalue weighted by atomic mass is 10.1. The number of rotatable bonds is 8. The molecule has 124 valence electrons. The number of benzene rings is 2. The monoisotopic (exact) mass is 322 g/mol. The van der Waals surface area contributed by atoms with Crippen LogP contribution in [0.4, 0.5) is 0 Å². The molecule has 2 aromatic carbocycles. The number of tetrazole rings is 1. The molecule has 1 aromatic heterocycles. The summed E-state index contributed by atoms with van der Waals surface area (Å²) in [7, 11) is 0. The fraction of sp³-hybridized carbons (Fsp3) is 0.316. The third kappa shape index (κ3) is 4.49. The van der Waals surface area contributed by atoms with Crippen LogP contribution in [0.3, 0.4) is 0 Å². The number of quaternary nitrogens is 1. The summed E-state index contributed by atoms with van der Waals surface area (Å²) < 4.78 is 1.94. The molecule has 0 bridgehead atoms. The van der Waals surface area contributed by atoms with Gasteiger partial charge >= 0.3 is 0 Å². The highest BCUT2D eigenvalue weighted by Gasteiger charge is 2.14. The summed E-state index contributed by atoms with van der Waals surface area (Å²) >= 11 is 0. The Labute approximate surface area is 142 Å². The lowest BCUT2D eigenvalue weighted by molar-refractivity contribution is -0.926. The van der Waals surface area contributed by atoms with Crippen LogP contribution in [-0.4, -0.2) is 26.8 Å². The average molecular weight is 322 g/mol. The van der Waals surface area contributed by atoms with Crippen molar-refractivity contribution in [3.63, 3.8) is 0 Å². The molecule has 0 saturated heterocycles. The maximum Gasteiger partial charge on any atom is 0.206 e. The van der Waals surface area contributed by atoms with E-state index in [4.69, 9.17) is 0 Å². The minimum Gasteiger partial charge on any atom is -0.325 e. The van der Waals surface area contributed by atoms with Crippen LogP contribution in [0, 0.1) is 0 Å². The van der Waals surface area contributed by atoms with Gasteiger partial charge < -0.3 is 4.90 Å². The van der Waals surface area contributed by atoms with Gasteiger partial charge in [0.25, 0.3) is 0 Å². The summed E-state index contributed by atoms with van der Waals surface area (Å²) in [6, 6.07) is 21.0. The van der Waals surface area contributed by atoms with Crippen molar-refractivity contribution < 1.29 is 4.90 Å². The number of nitrogens with zero attached hydrogens (tertiary/aromatic N) is 4. The first kappa shape index (κ1) is 16.3. The highest BCUT2D eigenvalue weighted by Crippen LogP contribution is 2.02. The second-order valence-electron chi connectivity index (χ2n) is 6.00. The molecular weight excluding hydrogens is 298 g/mol. The number of hydrogen-bond donors (Lipinski definition) is 1. The third-order valence-corrected chi connectivity index (χ3v) is 4.27. The van der Waals surface area contributed by atoms with Crippen molar-refractivity contribution in [2.45, 2.75) is 33.0 Å². The first-order chi connectivity index (χ1) is 11.8. The molecule has 1 atom stereocenters. The molecule has 1 N–H and O–H groups in total. The number of aromatic nitrogens is 4. The van der Waals surface area contributed by atoms with E-state index in [1.165, 1.54) is 16.0 Å². The van der Waals surface area contributed by atoms with Gasteiger partial charge in [0.1, 0.15) is 13.1 Å². The van der Waals surface area contributed by atoms with Gasteiger partial charge in [-0.15, -0.1) is 5.10 Å². The van der Waals surface area contributed by atoms with Gasteiger partial charge in [-0.05, 0) is 29.3 Å². The molecule has 3 rings (SSSR count). The molecule has 1 unspecified atom stereocenters. The van der Waals surface area contributed by atoms with Crippen molar-refractivity contribution in [2.75, 3.05) is 6.54 Å². The van der Waals surface area contributed by atoms with Crippen molar-refractivity contribution in [3.8, 4) is 0 Å². The Morgan fingerprint density at radius 3 is 2.21 bits per heavy atom. The van der Waals surface area contributed by atoms with Crippen LogP contribution in [0.5, 0.6) is 0 Å². The van der Waals surface area contributed by atoms with Crippen LogP contribution in [0.15, 0.2) is 60.7 Å². The molecule has 0 fully saturated rings. The van der Waals surface area contributed by atoms with E-state index in [0.29, 0.717) is 0 Å². The summed E-state index contributed by atoms with van der Waals surface area (Å²) in [5.41, 5.74) is 2.65. The Hall–Kier alpha value is -2.53. The second kappa shape index (κ2) is 8.36. The SMILES string of the molecule is CC[NH+](Cc1ccccc1)Cc1nnnn1CCc1ccccc1. The van der Waals surface area contributed by atoms with Crippen molar-refractivity contribution in [1.29, 1.82) is 0 Å². The fourth-order valence-corrected chi connectivity index (χ4v) is 2.82. The summed E-state index contributed by atoms with van der Waals surface area (Å²) in [6.07, 6.45) is 0.943. The highest BCUT2D eigenvalue weighted by molar-refractivity contribution is 5.14. The zero-order valence-electron chi connectivity index (χ0n) is 14.1. The topological polar surface area (TPSA) is 48.0 Å². The van der Waals surface area contributed by atoms with Crippen LogP contribution in [0.1, 0.15) is 23.9 Å². The Bertz CT molecular complexity index is 724. The minimum absolute atomic E-state index is 0.814. The van der Waals surface area contributed by atoms with E-state index in [1.54, 1.807) is 0 Å². The fourth-order valence-electron chi connectivity index (χ4n) is 2.82. The summed E-state index contributed by atoms with van der Waals surface area (Å²) in [6.45, 7) is 5.89. The van der Waals surface area contributed by atoms with Crippen LogP contribution in [-0.2, 0) is 26.1 Å². The van der Waals surface area contributed by atoms with Crippen molar-refractivity contribution >= 4 is 0 Å². The van der Waals surface area contributed by atoms with Gasteiger partial charge in [0.2, 0.25) is 5.82 Å². The molecule has 0 amide bonds. The van der Waals surface area contributed by atoms with Crippen LogP contribution < -0.4 is 4.90 Å². The molecule has 1 heterocycles. The van der Waals surface area contributed by atoms with Crippen molar-refractivity contribution in [1.82, 2.24) is 20.2 Å². The molecule has 0 aliphatic heterocycles. The van der Waals surface area contributed by atoms with E-state index in [9.17, 15) is 0 Å².